The van der Waals surface area contributed by atoms with E-state index in [2.05, 4.69) is 0 Å². The van der Waals surface area contributed by atoms with Crippen LogP contribution in [0, 0.1) is 0 Å². The lowest BCUT2D eigenvalue weighted by atomic mass is 9.98. The molecule has 0 aliphatic carbocycles. The summed E-state index contributed by atoms with van der Waals surface area (Å²) in [5, 5.41) is 19.1. The largest absolute Gasteiger partial charge is 0.396 e. The first-order valence-corrected chi connectivity index (χ1v) is 12.4. The van der Waals surface area contributed by atoms with E-state index in [1.54, 1.807) is 0 Å². The van der Waals surface area contributed by atoms with Crippen molar-refractivity contribution in [1.82, 2.24) is 0 Å². The topological polar surface area (TPSA) is 74.8 Å². The Labute approximate surface area is 178 Å². The van der Waals surface area contributed by atoms with Gasteiger partial charge in [0.25, 0.3) is 0 Å². The van der Waals surface area contributed by atoms with Crippen LogP contribution in [0.5, 0.6) is 0 Å². The molecule has 29 heavy (non-hydrogen) atoms. The number of epoxide rings is 2. The summed E-state index contributed by atoms with van der Waals surface area (Å²) in [6, 6.07) is 0. The fraction of sp³-hybridized carbons (Fsp3) is 1.00. The molecule has 2 saturated heterocycles. The minimum absolute atomic E-state index is 0.274. The second-order valence-corrected chi connectivity index (χ2v) is 9.16. The molecule has 5 nitrogen and oxygen atoms in total. The third-order valence-corrected chi connectivity index (χ3v) is 6.31. The lowest BCUT2D eigenvalue weighted by Gasteiger charge is -2.19. The summed E-state index contributed by atoms with van der Waals surface area (Å²) in [4.78, 5) is 0. The number of aliphatic hydroxyl groups excluding tert-OH is 2. The van der Waals surface area contributed by atoms with Gasteiger partial charge in [0.2, 0.25) is 0 Å². The van der Waals surface area contributed by atoms with Crippen LogP contribution in [0.15, 0.2) is 0 Å². The first-order valence-electron chi connectivity index (χ1n) is 12.4. The van der Waals surface area contributed by atoms with Gasteiger partial charge < -0.3 is 24.4 Å². The van der Waals surface area contributed by atoms with Crippen LogP contribution in [-0.4, -0.2) is 61.1 Å². The molecule has 2 rings (SSSR count). The summed E-state index contributed by atoms with van der Waals surface area (Å²) in [5.41, 5.74) is -0.422. The molecular formula is C24H46O5. The van der Waals surface area contributed by atoms with Crippen molar-refractivity contribution in [2.45, 2.75) is 121 Å². The van der Waals surface area contributed by atoms with Crippen molar-refractivity contribution in [3.63, 3.8) is 0 Å². The summed E-state index contributed by atoms with van der Waals surface area (Å²) in [6.07, 6.45) is 20.0. The number of aliphatic hydroxyl groups is 2. The van der Waals surface area contributed by atoms with Crippen molar-refractivity contribution in [3.8, 4) is 0 Å². The average molecular weight is 415 g/mol. The molecule has 0 saturated carbocycles. The fourth-order valence-corrected chi connectivity index (χ4v) is 4.00. The summed E-state index contributed by atoms with van der Waals surface area (Å²) in [6.45, 7) is 2.91. The quantitative estimate of drug-likeness (QED) is 0.197. The van der Waals surface area contributed by atoms with Crippen molar-refractivity contribution >= 4 is 0 Å². The third-order valence-electron chi connectivity index (χ3n) is 6.31. The van der Waals surface area contributed by atoms with E-state index in [4.69, 9.17) is 19.3 Å². The van der Waals surface area contributed by atoms with Crippen LogP contribution in [-0.2, 0) is 14.2 Å². The molecule has 5 heteroatoms. The van der Waals surface area contributed by atoms with Crippen LogP contribution in [0.1, 0.15) is 103 Å². The molecule has 0 amide bonds. The standard InChI is InChI=1S/C24H46O5/c25-17-15-13-11-9-7-5-3-1-2-4-6-8-10-12-14-16-23(26)24(21-29-24)20-27-18-22-19-28-22/h22-23,25-26H,1-21H2. The molecule has 2 aliphatic heterocycles. The number of unbranched alkanes of at least 4 members (excludes halogenated alkanes) is 14. The number of hydrogen-bond acceptors (Lipinski definition) is 5. The summed E-state index contributed by atoms with van der Waals surface area (Å²) < 4.78 is 16.3. The van der Waals surface area contributed by atoms with Gasteiger partial charge in [-0.25, -0.2) is 0 Å². The van der Waals surface area contributed by atoms with Crippen LogP contribution in [0.3, 0.4) is 0 Å². The van der Waals surface area contributed by atoms with Crippen molar-refractivity contribution in [2.75, 3.05) is 33.0 Å². The minimum Gasteiger partial charge on any atom is -0.396 e. The molecule has 0 spiro atoms. The molecule has 3 unspecified atom stereocenters. The predicted octanol–water partition coefficient (Wildman–Crippen LogP) is 4.77. The van der Waals surface area contributed by atoms with E-state index < -0.39 is 11.7 Å². The third kappa shape index (κ3) is 12.3. The molecular weight excluding hydrogens is 368 g/mol. The lowest BCUT2D eigenvalue weighted by molar-refractivity contribution is -0.00361. The maximum atomic E-state index is 10.4. The zero-order valence-electron chi connectivity index (χ0n) is 18.6. The predicted molar refractivity (Wildman–Crippen MR) is 116 cm³/mol. The Kier molecular flexibility index (Phi) is 13.5. The van der Waals surface area contributed by atoms with Crippen LogP contribution in [0.2, 0.25) is 0 Å². The molecule has 3 atom stereocenters. The van der Waals surface area contributed by atoms with Crippen molar-refractivity contribution in [2.24, 2.45) is 0 Å². The molecule has 172 valence electrons. The van der Waals surface area contributed by atoms with E-state index in [1.807, 2.05) is 0 Å². The normalized spacial score (nSPS) is 24.0. The highest BCUT2D eigenvalue weighted by Gasteiger charge is 2.51. The van der Waals surface area contributed by atoms with E-state index in [-0.39, 0.29) is 6.10 Å². The van der Waals surface area contributed by atoms with Gasteiger partial charge in [-0.3, -0.25) is 0 Å². The van der Waals surface area contributed by atoms with Crippen molar-refractivity contribution < 1.29 is 24.4 Å². The molecule has 0 aromatic carbocycles. The van der Waals surface area contributed by atoms with Crippen molar-refractivity contribution in [3.05, 3.63) is 0 Å². The van der Waals surface area contributed by atoms with Crippen LogP contribution in [0.4, 0.5) is 0 Å². The molecule has 0 bridgehead atoms. The second-order valence-electron chi connectivity index (χ2n) is 9.16. The van der Waals surface area contributed by atoms with Crippen LogP contribution < -0.4 is 0 Å². The first-order chi connectivity index (χ1) is 14.3. The Morgan fingerprint density at radius 1 is 0.793 bits per heavy atom. The monoisotopic (exact) mass is 414 g/mol. The van der Waals surface area contributed by atoms with Crippen LogP contribution in [0.25, 0.3) is 0 Å². The number of rotatable bonds is 22. The Hall–Kier alpha value is -0.200. The number of ether oxygens (including phenoxy) is 3. The maximum absolute atomic E-state index is 10.4. The fourth-order valence-electron chi connectivity index (χ4n) is 4.00. The zero-order valence-corrected chi connectivity index (χ0v) is 18.6. The Balaban J connectivity index is 1.27. The molecule has 2 N–H and O–H groups in total. The molecule has 0 aromatic rings. The Morgan fingerprint density at radius 2 is 1.24 bits per heavy atom. The van der Waals surface area contributed by atoms with Gasteiger partial charge in [0.15, 0.2) is 0 Å². The molecule has 0 radical (unpaired) electrons. The maximum Gasteiger partial charge on any atom is 0.140 e. The molecule has 0 aromatic heterocycles. The summed E-state index contributed by atoms with van der Waals surface area (Å²) in [7, 11) is 0. The summed E-state index contributed by atoms with van der Waals surface area (Å²) in [5.74, 6) is 0. The highest BCUT2D eigenvalue weighted by molar-refractivity contribution is 4.98. The molecule has 2 aliphatic rings. The SMILES string of the molecule is OCCCCCCCCCCCCCCCCCC(O)C1(COCC2CO2)CO1. The van der Waals surface area contributed by atoms with Gasteiger partial charge >= 0.3 is 0 Å². The Morgan fingerprint density at radius 3 is 1.66 bits per heavy atom. The highest BCUT2D eigenvalue weighted by atomic mass is 16.6. The van der Waals surface area contributed by atoms with E-state index in [0.717, 1.165) is 25.9 Å². The van der Waals surface area contributed by atoms with Gasteiger partial charge in [-0.2, -0.15) is 0 Å². The first kappa shape index (κ1) is 25.1. The van der Waals surface area contributed by atoms with Gasteiger partial charge in [0.1, 0.15) is 11.7 Å². The van der Waals surface area contributed by atoms with Gasteiger partial charge in [-0.15, -0.1) is 0 Å². The highest BCUT2D eigenvalue weighted by Crippen LogP contribution is 2.34. The number of hydrogen-bond donors (Lipinski definition) is 2. The van der Waals surface area contributed by atoms with E-state index in [1.165, 1.54) is 83.5 Å². The van der Waals surface area contributed by atoms with Gasteiger partial charge in [0.05, 0.1) is 32.5 Å². The lowest BCUT2D eigenvalue weighted by Crippen LogP contribution is -2.35. The zero-order chi connectivity index (χ0) is 20.6. The van der Waals surface area contributed by atoms with E-state index >= 15 is 0 Å². The smallest absolute Gasteiger partial charge is 0.140 e. The van der Waals surface area contributed by atoms with Gasteiger partial charge in [-0.05, 0) is 12.8 Å². The minimum atomic E-state index is -0.422. The molecule has 2 fully saturated rings. The van der Waals surface area contributed by atoms with E-state index in [0.29, 0.717) is 26.4 Å². The Bertz CT molecular complexity index is 381. The van der Waals surface area contributed by atoms with Crippen molar-refractivity contribution in [1.29, 1.82) is 0 Å². The van der Waals surface area contributed by atoms with Crippen LogP contribution >= 0.6 is 0 Å². The summed E-state index contributed by atoms with van der Waals surface area (Å²) >= 11 is 0. The van der Waals surface area contributed by atoms with Gasteiger partial charge in [-0.1, -0.05) is 89.9 Å². The van der Waals surface area contributed by atoms with Gasteiger partial charge in [0, 0.05) is 6.61 Å². The average Bonchev–Trinajstić information content (AvgIpc) is 3.64. The second kappa shape index (κ2) is 15.6. The molecule has 2 heterocycles. The van der Waals surface area contributed by atoms with E-state index in [9.17, 15) is 5.11 Å².